The summed E-state index contributed by atoms with van der Waals surface area (Å²) in [6.07, 6.45) is 1.61. The summed E-state index contributed by atoms with van der Waals surface area (Å²) in [5, 5.41) is 3.27. The molecule has 21 heavy (non-hydrogen) atoms. The normalized spacial score (nSPS) is 17.8. The summed E-state index contributed by atoms with van der Waals surface area (Å²) in [6, 6.07) is 4.87. The maximum absolute atomic E-state index is 12.2. The Morgan fingerprint density at radius 1 is 1.48 bits per heavy atom. The molecule has 7 heteroatoms. The number of ether oxygens (including phenoxy) is 1. The van der Waals surface area contributed by atoms with Gasteiger partial charge in [-0.1, -0.05) is 17.7 Å². The maximum Gasteiger partial charge on any atom is 0.243 e. The number of anilines is 1. The monoisotopic (exact) mass is 308 g/mol. The van der Waals surface area contributed by atoms with E-state index >= 15 is 0 Å². The minimum absolute atomic E-state index is 0.145. The smallest absolute Gasteiger partial charge is 0.243 e. The Morgan fingerprint density at radius 2 is 2.24 bits per heavy atom. The molecule has 2 aromatic rings. The van der Waals surface area contributed by atoms with Crippen molar-refractivity contribution in [3.8, 4) is 0 Å². The number of H-pyrrole nitrogens is 1. The third kappa shape index (κ3) is 3.02. The van der Waals surface area contributed by atoms with Crippen LogP contribution >= 0.6 is 11.6 Å². The standard InChI is InChI=1S/C14H17ClN4O2/c15-9-2-1-3-10-12(9)18-14(17-10)19-13(20)11(16)8-4-6-21-7-5-8/h1-3,8,11H,4-7,16H2,(H2,17,18,19,20). The van der Waals surface area contributed by atoms with Crippen LogP contribution in [0.4, 0.5) is 5.95 Å². The van der Waals surface area contributed by atoms with Gasteiger partial charge >= 0.3 is 0 Å². The number of imidazole rings is 1. The number of hydrogen-bond donors (Lipinski definition) is 3. The van der Waals surface area contributed by atoms with Gasteiger partial charge in [-0.2, -0.15) is 0 Å². The first-order valence-electron chi connectivity index (χ1n) is 6.93. The summed E-state index contributed by atoms with van der Waals surface area (Å²) in [5.41, 5.74) is 7.44. The number of rotatable bonds is 3. The molecule has 4 N–H and O–H groups in total. The van der Waals surface area contributed by atoms with Gasteiger partial charge in [-0.15, -0.1) is 0 Å². The van der Waals surface area contributed by atoms with Gasteiger partial charge in [-0.25, -0.2) is 4.98 Å². The summed E-state index contributed by atoms with van der Waals surface area (Å²) in [7, 11) is 0. The van der Waals surface area contributed by atoms with Gasteiger partial charge in [0.1, 0.15) is 5.52 Å². The van der Waals surface area contributed by atoms with E-state index in [0.29, 0.717) is 29.7 Å². The number of nitrogens with zero attached hydrogens (tertiary/aromatic N) is 1. The van der Waals surface area contributed by atoms with E-state index in [4.69, 9.17) is 22.1 Å². The van der Waals surface area contributed by atoms with Gasteiger partial charge < -0.3 is 15.5 Å². The first kappa shape index (κ1) is 14.3. The molecule has 1 unspecified atom stereocenters. The zero-order chi connectivity index (χ0) is 14.8. The lowest BCUT2D eigenvalue weighted by Gasteiger charge is -2.26. The Hall–Kier alpha value is -1.63. The van der Waals surface area contributed by atoms with E-state index in [1.165, 1.54) is 0 Å². The highest BCUT2D eigenvalue weighted by atomic mass is 35.5. The van der Waals surface area contributed by atoms with Crippen LogP contribution < -0.4 is 11.1 Å². The first-order valence-corrected chi connectivity index (χ1v) is 7.31. The zero-order valence-corrected chi connectivity index (χ0v) is 12.2. The van der Waals surface area contributed by atoms with E-state index in [9.17, 15) is 4.79 Å². The van der Waals surface area contributed by atoms with Gasteiger partial charge in [0.2, 0.25) is 11.9 Å². The number of amides is 1. The van der Waals surface area contributed by atoms with Crippen molar-refractivity contribution in [1.82, 2.24) is 9.97 Å². The largest absolute Gasteiger partial charge is 0.381 e. The fraction of sp³-hybridized carbons (Fsp3) is 0.429. The van der Waals surface area contributed by atoms with Gasteiger partial charge in [0, 0.05) is 13.2 Å². The molecule has 1 aliphatic heterocycles. The molecular weight excluding hydrogens is 292 g/mol. The average molecular weight is 309 g/mol. The van der Waals surface area contributed by atoms with E-state index in [1.807, 2.05) is 12.1 Å². The van der Waals surface area contributed by atoms with E-state index in [-0.39, 0.29) is 11.8 Å². The fourth-order valence-electron chi connectivity index (χ4n) is 2.55. The molecule has 0 radical (unpaired) electrons. The van der Waals surface area contributed by atoms with Crippen LogP contribution in [0.3, 0.4) is 0 Å². The number of carbonyl (C=O) groups excluding carboxylic acids is 1. The second-order valence-electron chi connectivity index (χ2n) is 5.19. The van der Waals surface area contributed by atoms with Crippen molar-refractivity contribution in [3.05, 3.63) is 23.2 Å². The number of halogens is 1. The lowest BCUT2D eigenvalue weighted by molar-refractivity contribution is -0.119. The molecule has 1 aromatic carbocycles. The third-order valence-corrected chi connectivity index (χ3v) is 4.09. The second-order valence-corrected chi connectivity index (χ2v) is 5.59. The molecule has 1 aliphatic rings. The SMILES string of the molecule is NC(C(=O)Nc1nc2c(Cl)cccc2[nH]1)C1CCOCC1. The summed E-state index contributed by atoms with van der Waals surface area (Å²) in [5.74, 6) is 0.273. The first-order chi connectivity index (χ1) is 10.1. The highest BCUT2D eigenvalue weighted by Crippen LogP contribution is 2.23. The summed E-state index contributed by atoms with van der Waals surface area (Å²) in [4.78, 5) is 19.5. The molecule has 112 valence electrons. The number of para-hydroxylation sites is 1. The number of hydrogen-bond acceptors (Lipinski definition) is 4. The molecule has 0 saturated carbocycles. The lowest BCUT2D eigenvalue weighted by Crippen LogP contribution is -2.44. The third-order valence-electron chi connectivity index (χ3n) is 3.78. The van der Waals surface area contributed by atoms with Crippen LogP contribution in [0, 0.1) is 5.92 Å². The van der Waals surface area contributed by atoms with E-state index in [1.54, 1.807) is 6.07 Å². The fourth-order valence-corrected chi connectivity index (χ4v) is 2.76. The molecule has 1 atom stereocenters. The van der Waals surface area contributed by atoms with Crippen LogP contribution in [0.25, 0.3) is 11.0 Å². The van der Waals surface area contributed by atoms with Gasteiger partial charge in [-0.05, 0) is 30.9 Å². The minimum Gasteiger partial charge on any atom is -0.381 e. The summed E-state index contributed by atoms with van der Waals surface area (Å²) < 4.78 is 5.28. The molecule has 3 rings (SSSR count). The highest BCUT2D eigenvalue weighted by Gasteiger charge is 2.27. The van der Waals surface area contributed by atoms with Crippen molar-refractivity contribution in [3.63, 3.8) is 0 Å². The molecule has 6 nitrogen and oxygen atoms in total. The van der Waals surface area contributed by atoms with E-state index in [0.717, 1.165) is 18.4 Å². The van der Waals surface area contributed by atoms with Crippen molar-refractivity contribution in [1.29, 1.82) is 0 Å². The van der Waals surface area contributed by atoms with Crippen molar-refractivity contribution >= 4 is 34.5 Å². The zero-order valence-electron chi connectivity index (χ0n) is 11.4. The minimum atomic E-state index is -0.558. The number of benzene rings is 1. The van der Waals surface area contributed by atoms with E-state index < -0.39 is 6.04 Å². The molecule has 2 heterocycles. The van der Waals surface area contributed by atoms with E-state index in [2.05, 4.69) is 15.3 Å². The van der Waals surface area contributed by atoms with Crippen LogP contribution in [0.15, 0.2) is 18.2 Å². The molecule has 0 bridgehead atoms. The second kappa shape index (κ2) is 6.01. The van der Waals surface area contributed by atoms with Gasteiger partial charge in [0.15, 0.2) is 0 Å². The predicted molar refractivity (Wildman–Crippen MR) is 81.3 cm³/mol. The molecule has 0 spiro atoms. The molecule has 1 fully saturated rings. The van der Waals surface area contributed by atoms with Crippen LogP contribution in [-0.2, 0) is 9.53 Å². The topological polar surface area (TPSA) is 93.0 Å². The summed E-state index contributed by atoms with van der Waals surface area (Å²) >= 11 is 6.06. The Labute approximate surface area is 127 Å². The lowest BCUT2D eigenvalue weighted by atomic mass is 9.92. The number of nitrogens with one attached hydrogen (secondary N) is 2. The Kier molecular flexibility index (Phi) is 4.10. The number of aromatic nitrogens is 2. The Balaban J connectivity index is 1.72. The summed E-state index contributed by atoms with van der Waals surface area (Å²) in [6.45, 7) is 1.32. The van der Waals surface area contributed by atoms with Crippen LogP contribution in [0.1, 0.15) is 12.8 Å². The molecule has 1 amide bonds. The maximum atomic E-state index is 12.2. The van der Waals surface area contributed by atoms with Crippen LogP contribution in [0.2, 0.25) is 5.02 Å². The highest BCUT2D eigenvalue weighted by molar-refractivity contribution is 6.35. The van der Waals surface area contributed by atoms with Gasteiger partial charge in [0.25, 0.3) is 0 Å². The van der Waals surface area contributed by atoms with Crippen molar-refractivity contribution in [2.24, 2.45) is 11.7 Å². The quantitative estimate of drug-likeness (QED) is 0.807. The van der Waals surface area contributed by atoms with Crippen LogP contribution in [-0.4, -0.2) is 35.1 Å². The molecule has 0 aliphatic carbocycles. The number of carbonyl (C=O) groups is 1. The predicted octanol–water partition coefficient (Wildman–Crippen LogP) is 1.91. The van der Waals surface area contributed by atoms with Gasteiger partial charge in [0.05, 0.1) is 16.6 Å². The number of aromatic amines is 1. The Bertz CT molecular complexity index is 651. The molecular formula is C14H17ClN4O2. The van der Waals surface area contributed by atoms with Crippen LogP contribution in [0.5, 0.6) is 0 Å². The van der Waals surface area contributed by atoms with Crippen molar-refractivity contribution in [2.45, 2.75) is 18.9 Å². The average Bonchev–Trinajstić information content (AvgIpc) is 2.91. The van der Waals surface area contributed by atoms with Crippen molar-refractivity contribution in [2.75, 3.05) is 18.5 Å². The van der Waals surface area contributed by atoms with Crippen molar-refractivity contribution < 1.29 is 9.53 Å². The number of fused-ring (bicyclic) bond motifs is 1. The number of nitrogens with two attached hydrogens (primary N) is 1. The molecule has 1 aromatic heterocycles. The van der Waals surface area contributed by atoms with Gasteiger partial charge in [-0.3, -0.25) is 10.1 Å². The molecule has 1 saturated heterocycles. The Morgan fingerprint density at radius 3 is 2.95 bits per heavy atom.